The zero-order chi connectivity index (χ0) is 16.9. The molecule has 130 valence electrons. The normalized spacial score (nSPS) is 20.0. The minimum Gasteiger partial charge on any atom is -0.496 e. The van der Waals surface area contributed by atoms with Crippen molar-refractivity contribution < 1.29 is 9.84 Å². The van der Waals surface area contributed by atoms with Crippen LogP contribution in [0.1, 0.15) is 38.3 Å². The van der Waals surface area contributed by atoms with Gasteiger partial charge in [-0.15, -0.1) is 11.3 Å². The van der Waals surface area contributed by atoms with Crippen molar-refractivity contribution in [2.75, 3.05) is 13.7 Å². The summed E-state index contributed by atoms with van der Waals surface area (Å²) in [6, 6.07) is 8.26. The number of aliphatic hydroxyl groups is 1. The van der Waals surface area contributed by atoms with Crippen molar-refractivity contribution in [3.63, 3.8) is 0 Å². The molecule has 2 heterocycles. The first-order valence-corrected chi connectivity index (χ1v) is 9.60. The Kier molecular flexibility index (Phi) is 5.87. The number of aromatic nitrogens is 1. The van der Waals surface area contributed by atoms with E-state index in [0.717, 1.165) is 47.9 Å². The highest BCUT2D eigenvalue weighted by Gasteiger charge is 2.28. The van der Waals surface area contributed by atoms with Crippen molar-refractivity contribution in [3.05, 3.63) is 35.3 Å². The van der Waals surface area contributed by atoms with Gasteiger partial charge in [0.05, 0.1) is 24.5 Å². The molecule has 0 bridgehead atoms. The molecule has 3 rings (SSSR count). The van der Waals surface area contributed by atoms with Gasteiger partial charge in [0.2, 0.25) is 0 Å². The Morgan fingerprint density at radius 3 is 3.00 bits per heavy atom. The van der Waals surface area contributed by atoms with Crippen LogP contribution in [0.2, 0.25) is 0 Å². The van der Waals surface area contributed by atoms with E-state index in [1.165, 1.54) is 12.8 Å². The van der Waals surface area contributed by atoms with Gasteiger partial charge in [-0.25, -0.2) is 4.98 Å². The lowest BCUT2D eigenvalue weighted by Gasteiger charge is -2.37. The zero-order valence-corrected chi connectivity index (χ0v) is 15.3. The average molecular weight is 346 g/mol. The van der Waals surface area contributed by atoms with Gasteiger partial charge in [0, 0.05) is 18.0 Å². The molecule has 1 N–H and O–H groups in total. The van der Waals surface area contributed by atoms with E-state index in [4.69, 9.17) is 9.72 Å². The molecule has 24 heavy (non-hydrogen) atoms. The molecule has 2 unspecified atom stereocenters. The minimum absolute atomic E-state index is 0.238. The van der Waals surface area contributed by atoms with Gasteiger partial charge in [-0.2, -0.15) is 0 Å². The molecule has 1 aromatic heterocycles. The molecule has 2 aromatic rings. The first-order valence-electron chi connectivity index (χ1n) is 8.72. The van der Waals surface area contributed by atoms with Gasteiger partial charge < -0.3 is 9.84 Å². The molecule has 0 amide bonds. The third-order valence-corrected chi connectivity index (χ3v) is 5.71. The lowest BCUT2D eigenvalue weighted by molar-refractivity contribution is 0.0190. The summed E-state index contributed by atoms with van der Waals surface area (Å²) in [4.78, 5) is 7.22. The van der Waals surface area contributed by atoms with Crippen molar-refractivity contribution in [2.45, 2.75) is 51.3 Å². The number of para-hydroxylation sites is 1. The van der Waals surface area contributed by atoms with Crippen molar-refractivity contribution >= 4 is 11.3 Å². The van der Waals surface area contributed by atoms with E-state index in [2.05, 4.69) is 17.2 Å². The van der Waals surface area contributed by atoms with Crippen molar-refractivity contribution in [1.82, 2.24) is 9.88 Å². The molecule has 0 saturated carbocycles. The number of hydrogen-bond acceptors (Lipinski definition) is 5. The van der Waals surface area contributed by atoms with Gasteiger partial charge in [-0.05, 0) is 37.9 Å². The number of aliphatic hydroxyl groups excluding tert-OH is 1. The number of thiazole rings is 1. The largest absolute Gasteiger partial charge is 0.496 e. The average Bonchev–Trinajstić information content (AvgIpc) is 3.09. The molecule has 4 nitrogen and oxygen atoms in total. The van der Waals surface area contributed by atoms with Gasteiger partial charge in [-0.3, -0.25) is 4.90 Å². The van der Waals surface area contributed by atoms with Crippen LogP contribution in [0, 0.1) is 0 Å². The predicted octanol–water partition coefficient (Wildman–Crippen LogP) is 3.94. The number of hydrogen-bond donors (Lipinski definition) is 1. The summed E-state index contributed by atoms with van der Waals surface area (Å²) in [5, 5.41) is 13.4. The second-order valence-corrected chi connectivity index (χ2v) is 7.21. The Balaban J connectivity index is 1.75. The molecular weight excluding hydrogens is 320 g/mol. The molecule has 0 spiro atoms. The van der Waals surface area contributed by atoms with Crippen LogP contribution in [0.3, 0.4) is 0 Å². The van der Waals surface area contributed by atoms with Crippen LogP contribution in [-0.2, 0) is 6.54 Å². The number of rotatable bonds is 6. The molecule has 2 atom stereocenters. The summed E-state index contributed by atoms with van der Waals surface area (Å²) in [6.07, 6.45) is 4.07. The standard InChI is InChI=1S/C19H26N2O2S/c1-3-17(22)16-9-6-7-11-21(16)12-14-13-24-19(20-14)15-8-4-5-10-18(15)23-2/h4-5,8,10,13,16-17,22H,3,6-7,9,11-12H2,1-2H3. The second-order valence-electron chi connectivity index (χ2n) is 6.35. The number of nitrogens with zero attached hydrogens (tertiary/aromatic N) is 2. The Bertz CT molecular complexity index is 658. The minimum atomic E-state index is -0.238. The Labute approximate surface area is 148 Å². The van der Waals surface area contributed by atoms with Crippen LogP contribution in [0.4, 0.5) is 0 Å². The van der Waals surface area contributed by atoms with Crippen LogP contribution in [0.5, 0.6) is 5.75 Å². The van der Waals surface area contributed by atoms with Gasteiger partial charge in [0.25, 0.3) is 0 Å². The summed E-state index contributed by atoms with van der Waals surface area (Å²) in [5.74, 6) is 0.857. The fourth-order valence-electron chi connectivity index (χ4n) is 3.45. The number of benzene rings is 1. The third-order valence-electron chi connectivity index (χ3n) is 4.78. The van der Waals surface area contributed by atoms with E-state index in [9.17, 15) is 5.11 Å². The van der Waals surface area contributed by atoms with Gasteiger partial charge >= 0.3 is 0 Å². The fraction of sp³-hybridized carbons (Fsp3) is 0.526. The number of ether oxygens (including phenoxy) is 1. The maximum absolute atomic E-state index is 10.3. The Hall–Kier alpha value is -1.43. The highest BCUT2D eigenvalue weighted by Crippen LogP contribution is 2.32. The van der Waals surface area contributed by atoms with E-state index in [-0.39, 0.29) is 12.1 Å². The van der Waals surface area contributed by atoms with Crippen molar-refractivity contribution in [1.29, 1.82) is 0 Å². The van der Waals surface area contributed by atoms with E-state index in [0.29, 0.717) is 0 Å². The van der Waals surface area contributed by atoms with E-state index < -0.39 is 0 Å². The molecule has 0 aliphatic carbocycles. The summed E-state index contributed by atoms with van der Waals surface area (Å²) in [7, 11) is 1.69. The van der Waals surface area contributed by atoms with Crippen LogP contribution >= 0.6 is 11.3 Å². The topological polar surface area (TPSA) is 45.6 Å². The predicted molar refractivity (Wildman–Crippen MR) is 98.4 cm³/mol. The molecule has 1 aromatic carbocycles. The highest BCUT2D eigenvalue weighted by atomic mass is 32.1. The maximum atomic E-state index is 10.3. The summed E-state index contributed by atoms with van der Waals surface area (Å²) in [5.41, 5.74) is 2.12. The highest BCUT2D eigenvalue weighted by molar-refractivity contribution is 7.13. The molecule has 5 heteroatoms. The van der Waals surface area contributed by atoms with Crippen LogP contribution in [0.15, 0.2) is 29.6 Å². The van der Waals surface area contributed by atoms with E-state index in [1.54, 1.807) is 18.4 Å². The van der Waals surface area contributed by atoms with E-state index in [1.807, 2.05) is 24.3 Å². The monoisotopic (exact) mass is 346 g/mol. The first kappa shape index (κ1) is 17.4. The summed E-state index contributed by atoms with van der Waals surface area (Å²) >= 11 is 1.66. The lowest BCUT2D eigenvalue weighted by Crippen LogP contribution is -2.46. The number of likely N-dealkylation sites (tertiary alicyclic amines) is 1. The first-order chi connectivity index (χ1) is 11.7. The van der Waals surface area contributed by atoms with Gasteiger partial charge in [0.15, 0.2) is 0 Å². The van der Waals surface area contributed by atoms with Crippen molar-refractivity contribution in [3.8, 4) is 16.3 Å². The maximum Gasteiger partial charge on any atom is 0.129 e. The SMILES string of the molecule is CCC(O)C1CCCCN1Cc1csc(-c2ccccc2OC)n1. The van der Waals surface area contributed by atoms with Gasteiger partial charge in [0.1, 0.15) is 10.8 Å². The molecule has 1 aliphatic rings. The summed E-state index contributed by atoms with van der Waals surface area (Å²) < 4.78 is 5.45. The lowest BCUT2D eigenvalue weighted by atomic mass is 9.96. The fourth-order valence-corrected chi connectivity index (χ4v) is 4.29. The zero-order valence-electron chi connectivity index (χ0n) is 14.4. The Morgan fingerprint density at radius 1 is 1.38 bits per heavy atom. The quantitative estimate of drug-likeness (QED) is 0.860. The smallest absolute Gasteiger partial charge is 0.129 e. The summed E-state index contributed by atoms with van der Waals surface area (Å²) in [6.45, 7) is 3.91. The molecular formula is C19H26N2O2S. The van der Waals surface area contributed by atoms with Crippen LogP contribution in [0.25, 0.3) is 10.6 Å². The molecule has 0 radical (unpaired) electrons. The Morgan fingerprint density at radius 2 is 2.21 bits per heavy atom. The van der Waals surface area contributed by atoms with Crippen LogP contribution < -0.4 is 4.74 Å². The number of methoxy groups -OCH3 is 1. The van der Waals surface area contributed by atoms with E-state index >= 15 is 0 Å². The number of piperidine rings is 1. The molecule has 1 aliphatic heterocycles. The molecule has 1 fully saturated rings. The van der Waals surface area contributed by atoms with Crippen molar-refractivity contribution in [2.24, 2.45) is 0 Å². The second kappa shape index (κ2) is 8.10. The van der Waals surface area contributed by atoms with Crippen LogP contribution in [-0.4, -0.2) is 40.8 Å². The molecule has 1 saturated heterocycles. The van der Waals surface area contributed by atoms with Gasteiger partial charge in [-0.1, -0.05) is 25.5 Å². The third kappa shape index (κ3) is 3.79.